The highest BCUT2D eigenvalue weighted by molar-refractivity contribution is 6.67. The average molecular weight is 341 g/mol. The van der Waals surface area contributed by atoms with Crippen molar-refractivity contribution in [3.8, 4) is 0 Å². The van der Waals surface area contributed by atoms with Crippen LogP contribution in [0.5, 0.6) is 0 Å². The van der Waals surface area contributed by atoms with Crippen LogP contribution in [0.2, 0.25) is 0 Å². The Labute approximate surface area is 113 Å². The summed E-state index contributed by atoms with van der Waals surface area (Å²) in [5.41, 5.74) is 0. The molecule has 0 radical (unpaired) electrons. The van der Waals surface area contributed by atoms with E-state index in [1.807, 2.05) is 0 Å². The Morgan fingerprint density at radius 1 is 0.733 bits per heavy atom. The van der Waals surface area contributed by atoms with Gasteiger partial charge in [-0.2, -0.15) is 0 Å². The molecule has 88 valence electrons. The summed E-state index contributed by atoms with van der Waals surface area (Å²) in [6.07, 6.45) is -3.26. The molecule has 15 heavy (non-hydrogen) atoms. The van der Waals surface area contributed by atoms with E-state index in [1.165, 1.54) is 0 Å². The summed E-state index contributed by atoms with van der Waals surface area (Å²) in [5.74, 6) is 0. The number of alkyl halides is 6. The fourth-order valence-corrected chi connectivity index (χ4v) is 0.677. The zero-order valence-corrected chi connectivity index (χ0v) is 10.8. The zero-order valence-electron chi connectivity index (χ0n) is 6.31. The molecule has 0 aromatic carbocycles. The molecular weight excluding hydrogens is 341 g/mol. The third-order valence-corrected chi connectivity index (χ3v) is 1.03. The minimum Gasteiger partial charge on any atom is -0.382 e. The largest absolute Gasteiger partial charge is 0.522 e. The van der Waals surface area contributed by atoms with E-state index >= 15 is 0 Å². The van der Waals surface area contributed by atoms with Gasteiger partial charge in [-0.25, -0.2) is 9.59 Å². The summed E-state index contributed by atoms with van der Waals surface area (Å²) in [6, 6.07) is 0. The molecule has 0 fully saturated rings. The monoisotopic (exact) mass is 338 g/mol. The third kappa shape index (κ3) is 10.8. The Hall–Kier alpha value is 0.480. The van der Waals surface area contributed by atoms with Crippen molar-refractivity contribution >= 4 is 81.9 Å². The van der Waals surface area contributed by atoms with Gasteiger partial charge in [0.25, 0.3) is 0 Å². The topological polar surface area (TPSA) is 61.8 Å². The number of rotatable bonds is 0. The van der Waals surface area contributed by atoms with Crippen molar-refractivity contribution in [2.24, 2.45) is 0 Å². The molecule has 0 aliphatic carbocycles. The van der Waals surface area contributed by atoms with E-state index in [1.54, 1.807) is 0 Å². The molecule has 0 saturated heterocycles. The summed E-state index contributed by atoms with van der Waals surface area (Å²) in [7, 11) is 0. The van der Waals surface area contributed by atoms with Crippen LogP contribution < -0.4 is 0 Å². The quantitative estimate of drug-likeness (QED) is 0.380. The van der Waals surface area contributed by atoms with Gasteiger partial charge in [0.2, 0.25) is 0 Å². The van der Waals surface area contributed by atoms with Crippen LogP contribution in [-0.2, 0) is 14.2 Å². The SMILES string of the molecule is O=C(OC(=O)OC(Cl)(Cl)Cl)OC(Cl)(Cl)Cl. The number of ether oxygens (including phenoxy) is 3. The minimum absolute atomic E-state index is 1.63. The summed E-state index contributed by atoms with van der Waals surface area (Å²) in [6.45, 7) is 0. The van der Waals surface area contributed by atoms with Crippen LogP contribution in [0.4, 0.5) is 9.59 Å². The molecule has 0 atom stereocenters. The van der Waals surface area contributed by atoms with Crippen molar-refractivity contribution in [2.45, 2.75) is 7.96 Å². The van der Waals surface area contributed by atoms with E-state index in [0.29, 0.717) is 0 Å². The second kappa shape index (κ2) is 5.70. The van der Waals surface area contributed by atoms with Crippen molar-refractivity contribution in [3.63, 3.8) is 0 Å². The number of halogens is 6. The molecule has 0 aromatic heterocycles. The van der Waals surface area contributed by atoms with Gasteiger partial charge in [0.1, 0.15) is 0 Å². The van der Waals surface area contributed by atoms with E-state index in [4.69, 9.17) is 69.6 Å². The average Bonchev–Trinajstić information content (AvgIpc) is 1.73. The number of carbonyl (C=O) groups is 2. The normalized spacial score (nSPS) is 11.9. The van der Waals surface area contributed by atoms with Gasteiger partial charge in [-0.15, -0.1) is 0 Å². The Balaban J connectivity index is 4.04. The Morgan fingerprint density at radius 2 is 1.00 bits per heavy atom. The summed E-state index contributed by atoms with van der Waals surface area (Å²) in [5, 5.41) is 0. The molecule has 5 nitrogen and oxygen atoms in total. The molecule has 11 heteroatoms. The molecule has 0 unspecified atom stereocenters. The molecule has 0 spiro atoms. The van der Waals surface area contributed by atoms with Gasteiger partial charge < -0.3 is 14.2 Å². The Kier molecular flexibility index (Phi) is 5.89. The number of hydrogen-bond donors (Lipinski definition) is 0. The first-order chi connectivity index (χ1) is 6.49. The molecule has 0 heterocycles. The highest BCUT2D eigenvalue weighted by Gasteiger charge is 2.31. The Morgan fingerprint density at radius 3 is 1.20 bits per heavy atom. The van der Waals surface area contributed by atoms with Crippen molar-refractivity contribution in [3.05, 3.63) is 0 Å². The lowest BCUT2D eigenvalue weighted by Gasteiger charge is -2.13. The molecule has 0 aromatic rings. The maximum atomic E-state index is 10.6. The van der Waals surface area contributed by atoms with E-state index in [-0.39, 0.29) is 0 Å². The van der Waals surface area contributed by atoms with Crippen LogP contribution in [0.15, 0.2) is 0 Å². The fraction of sp³-hybridized carbons (Fsp3) is 0.500. The lowest BCUT2D eigenvalue weighted by atomic mass is 11.2. The van der Waals surface area contributed by atoms with Crippen LogP contribution in [0.1, 0.15) is 0 Å². The molecule has 0 N–H and O–H groups in total. The van der Waals surface area contributed by atoms with Gasteiger partial charge in [0, 0.05) is 0 Å². The molecule has 0 aliphatic heterocycles. The van der Waals surface area contributed by atoms with Gasteiger partial charge in [-0.3, -0.25) is 0 Å². The molecule has 0 rings (SSSR count). The van der Waals surface area contributed by atoms with Crippen LogP contribution in [0.3, 0.4) is 0 Å². The lowest BCUT2D eigenvalue weighted by Crippen LogP contribution is -2.24. The second-order valence-corrected chi connectivity index (χ2v) is 6.05. The standard InChI is InChI=1S/C4Cl6O5/c5-3(6,7)14-1(11)13-2(12)15-4(8,9)10. The number of hydrogen-bond acceptors (Lipinski definition) is 5. The highest BCUT2D eigenvalue weighted by Crippen LogP contribution is 2.29. The summed E-state index contributed by atoms with van der Waals surface area (Å²) in [4.78, 5) is 21.3. The van der Waals surface area contributed by atoms with E-state index in [0.717, 1.165) is 0 Å². The van der Waals surface area contributed by atoms with Crippen molar-refractivity contribution in [1.82, 2.24) is 0 Å². The maximum Gasteiger partial charge on any atom is 0.522 e. The minimum atomic E-state index is -2.38. The van der Waals surface area contributed by atoms with Crippen LogP contribution >= 0.6 is 69.6 Å². The summed E-state index contributed by atoms with van der Waals surface area (Å²) >= 11 is 30.1. The van der Waals surface area contributed by atoms with Gasteiger partial charge in [0.15, 0.2) is 0 Å². The van der Waals surface area contributed by atoms with Crippen LogP contribution in [0.25, 0.3) is 0 Å². The van der Waals surface area contributed by atoms with E-state index in [2.05, 4.69) is 14.2 Å². The Bertz CT molecular complexity index is 227. The van der Waals surface area contributed by atoms with E-state index < -0.39 is 20.3 Å². The zero-order chi connectivity index (χ0) is 12.3. The van der Waals surface area contributed by atoms with Gasteiger partial charge >= 0.3 is 20.3 Å². The van der Waals surface area contributed by atoms with Crippen molar-refractivity contribution in [1.29, 1.82) is 0 Å². The van der Waals surface area contributed by atoms with Crippen LogP contribution in [-0.4, -0.2) is 20.3 Å². The highest BCUT2D eigenvalue weighted by atomic mass is 35.6. The maximum absolute atomic E-state index is 10.6. The van der Waals surface area contributed by atoms with Crippen molar-refractivity contribution in [2.75, 3.05) is 0 Å². The van der Waals surface area contributed by atoms with Crippen molar-refractivity contribution < 1.29 is 23.8 Å². The predicted octanol–water partition coefficient (Wildman–Crippen LogP) is 3.93. The molecule has 0 bridgehead atoms. The second-order valence-electron chi connectivity index (χ2n) is 1.70. The fourth-order valence-electron chi connectivity index (χ4n) is 0.299. The first kappa shape index (κ1) is 15.5. The van der Waals surface area contributed by atoms with Gasteiger partial charge in [0.05, 0.1) is 0 Å². The molecular formula is C4Cl6O5. The molecule has 0 amide bonds. The lowest BCUT2D eigenvalue weighted by molar-refractivity contribution is 0.0339. The van der Waals surface area contributed by atoms with Crippen LogP contribution in [0, 0.1) is 0 Å². The van der Waals surface area contributed by atoms with E-state index in [9.17, 15) is 9.59 Å². The first-order valence-electron chi connectivity index (χ1n) is 2.77. The first-order valence-corrected chi connectivity index (χ1v) is 5.03. The number of carbonyl (C=O) groups excluding carboxylic acids is 2. The third-order valence-electron chi connectivity index (χ3n) is 0.565. The summed E-state index contributed by atoms with van der Waals surface area (Å²) < 4.78 is 6.87. The van der Waals surface area contributed by atoms with Gasteiger partial charge in [-0.05, 0) is 69.6 Å². The van der Waals surface area contributed by atoms with Gasteiger partial charge in [-0.1, -0.05) is 0 Å². The predicted molar refractivity (Wildman–Crippen MR) is 54.6 cm³/mol. The molecule has 0 aliphatic rings. The smallest absolute Gasteiger partial charge is 0.382 e. The molecule has 0 saturated carbocycles.